The summed E-state index contributed by atoms with van der Waals surface area (Å²) in [7, 11) is 0. The fourth-order valence-electron chi connectivity index (χ4n) is 7.88. The summed E-state index contributed by atoms with van der Waals surface area (Å²) in [5.41, 5.74) is 14.8. The van der Waals surface area contributed by atoms with Gasteiger partial charge in [-0.1, -0.05) is 99.6 Å². The van der Waals surface area contributed by atoms with Crippen molar-refractivity contribution in [1.82, 2.24) is 0 Å². The van der Waals surface area contributed by atoms with Crippen LogP contribution in [0.3, 0.4) is 0 Å². The van der Waals surface area contributed by atoms with Gasteiger partial charge >= 0.3 is 0 Å². The van der Waals surface area contributed by atoms with Crippen molar-refractivity contribution >= 4 is 82.8 Å². The van der Waals surface area contributed by atoms with Gasteiger partial charge in [0.25, 0.3) is 6.71 Å². The summed E-state index contributed by atoms with van der Waals surface area (Å²) < 4.78 is 9.41. The Kier molecular flexibility index (Phi) is 5.26. The van der Waals surface area contributed by atoms with Crippen molar-refractivity contribution in [3.05, 3.63) is 133 Å². The van der Waals surface area contributed by atoms with E-state index in [1.54, 1.807) is 0 Å². The van der Waals surface area contributed by atoms with Crippen LogP contribution in [0.2, 0.25) is 0 Å². The first-order valence-electron chi connectivity index (χ1n) is 16.1. The minimum atomic E-state index is 0.0679. The Morgan fingerprint density at radius 2 is 1.43 bits per heavy atom. The lowest BCUT2D eigenvalue weighted by atomic mass is 9.39. The summed E-state index contributed by atoms with van der Waals surface area (Å²) >= 11 is 1.97. The lowest BCUT2D eigenvalue weighted by molar-refractivity contribution is 0.591. The molecule has 2 nitrogen and oxygen atoms in total. The maximum absolute atomic E-state index is 6.60. The number of rotatable bonds is 2. The molecule has 2 aromatic heterocycles. The molecule has 0 unspecified atom stereocenters. The average molecular weight is 608 g/mol. The number of thiophene rings is 1. The van der Waals surface area contributed by atoms with E-state index in [4.69, 9.17) is 4.42 Å². The Bertz CT molecular complexity index is 2530. The molecule has 0 radical (unpaired) electrons. The standard InChI is InChI=1S/C42H30BNOS/c1-42(2,3)26-20-21-37-31(24-26)38-32-22-25(28-15-11-16-30-29-14-7-10-19-36(29)45-40(28)30)23-35-39(32)43(41(38)46-37)33-17-8-9-18-34(33)44(35)27-12-5-4-6-13-27/h4-24H,1-3H3. The number of fused-ring (bicyclic) bond motifs is 10. The molecule has 0 aliphatic carbocycles. The van der Waals surface area contributed by atoms with E-state index in [2.05, 4.69) is 147 Å². The molecule has 0 amide bonds. The van der Waals surface area contributed by atoms with Crippen LogP contribution in [0.25, 0.3) is 54.3 Å². The van der Waals surface area contributed by atoms with Gasteiger partial charge in [0.15, 0.2) is 0 Å². The van der Waals surface area contributed by atoms with Crippen molar-refractivity contribution in [2.45, 2.75) is 26.2 Å². The Hall–Kier alpha value is -5.06. The highest BCUT2D eigenvalue weighted by atomic mass is 32.1. The third-order valence-corrected chi connectivity index (χ3v) is 11.3. The zero-order valence-corrected chi connectivity index (χ0v) is 26.8. The van der Waals surface area contributed by atoms with Crippen LogP contribution in [0, 0.1) is 0 Å². The van der Waals surface area contributed by atoms with E-state index in [1.807, 2.05) is 17.4 Å². The van der Waals surface area contributed by atoms with E-state index >= 15 is 0 Å². The summed E-state index contributed by atoms with van der Waals surface area (Å²) in [5, 5.41) is 3.68. The van der Waals surface area contributed by atoms with Gasteiger partial charge in [-0.3, -0.25) is 0 Å². The van der Waals surface area contributed by atoms with Crippen molar-refractivity contribution in [3.63, 3.8) is 0 Å². The largest absolute Gasteiger partial charge is 0.455 e. The Labute approximate surface area is 272 Å². The zero-order chi connectivity index (χ0) is 30.7. The van der Waals surface area contributed by atoms with E-state index in [-0.39, 0.29) is 12.1 Å². The molecule has 0 spiro atoms. The predicted octanol–water partition coefficient (Wildman–Crippen LogP) is 10.0. The third-order valence-electron chi connectivity index (χ3n) is 10.0. The fourth-order valence-corrected chi connectivity index (χ4v) is 9.20. The van der Waals surface area contributed by atoms with E-state index in [0.29, 0.717) is 0 Å². The maximum atomic E-state index is 6.60. The molecule has 8 aromatic rings. The molecule has 0 fully saturated rings. The van der Waals surface area contributed by atoms with Gasteiger partial charge in [0.1, 0.15) is 11.2 Å². The molecule has 0 saturated carbocycles. The SMILES string of the molecule is CC(C)(C)c1ccc2sc3c(c2c1)-c1cc(-c2cccc4c2oc2ccccc24)cc2c1B3c1ccccc1N2c1ccccc1. The minimum absolute atomic E-state index is 0.0679. The minimum Gasteiger partial charge on any atom is -0.455 e. The van der Waals surface area contributed by atoms with Crippen LogP contribution in [-0.4, -0.2) is 6.71 Å². The lowest BCUT2D eigenvalue weighted by Gasteiger charge is -2.36. The molecule has 4 heterocycles. The summed E-state index contributed by atoms with van der Waals surface area (Å²) in [4.78, 5) is 2.48. The first-order chi connectivity index (χ1) is 22.5. The molecule has 4 heteroatoms. The van der Waals surface area contributed by atoms with E-state index < -0.39 is 0 Å². The van der Waals surface area contributed by atoms with Crippen molar-refractivity contribution in [2.75, 3.05) is 4.90 Å². The topological polar surface area (TPSA) is 16.4 Å². The fraction of sp³-hybridized carbons (Fsp3) is 0.0952. The maximum Gasteiger partial charge on any atom is 0.260 e. The Balaban J connectivity index is 1.33. The Morgan fingerprint density at radius 1 is 0.652 bits per heavy atom. The normalized spacial score (nSPS) is 13.5. The highest BCUT2D eigenvalue weighted by Gasteiger charge is 2.45. The second-order valence-corrected chi connectivity index (χ2v) is 14.8. The monoisotopic (exact) mass is 607 g/mol. The van der Waals surface area contributed by atoms with Gasteiger partial charge in [0, 0.05) is 43.5 Å². The number of benzene rings is 6. The van der Waals surface area contributed by atoms with Crippen LogP contribution in [0.1, 0.15) is 26.3 Å². The van der Waals surface area contributed by atoms with Gasteiger partial charge in [-0.2, -0.15) is 0 Å². The van der Waals surface area contributed by atoms with Gasteiger partial charge in [0.2, 0.25) is 0 Å². The molecular weight excluding hydrogens is 577 g/mol. The van der Waals surface area contributed by atoms with Crippen molar-refractivity contribution in [1.29, 1.82) is 0 Å². The quantitative estimate of drug-likeness (QED) is 0.182. The van der Waals surface area contributed by atoms with Gasteiger partial charge in [0.05, 0.1) is 0 Å². The van der Waals surface area contributed by atoms with Crippen LogP contribution >= 0.6 is 11.3 Å². The number of nitrogens with zero attached hydrogens (tertiary/aromatic N) is 1. The molecular formula is C42H30BNOS. The molecule has 6 aromatic carbocycles. The van der Waals surface area contributed by atoms with Crippen LogP contribution in [-0.2, 0) is 5.41 Å². The molecule has 46 heavy (non-hydrogen) atoms. The average Bonchev–Trinajstić information content (AvgIpc) is 3.74. The van der Waals surface area contributed by atoms with Crippen molar-refractivity contribution in [2.24, 2.45) is 0 Å². The summed E-state index contributed by atoms with van der Waals surface area (Å²) in [5.74, 6) is 0. The first kappa shape index (κ1) is 26.2. The molecule has 0 N–H and O–H groups in total. The van der Waals surface area contributed by atoms with Crippen molar-refractivity contribution < 1.29 is 4.42 Å². The van der Waals surface area contributed by atoms with Crippen LogP contribution in [0.4, 0.5) is 17.1 Å². The summed E-state index contributed by atoms with van der Waals surface area (Å²) in [6.07, 6.45) is 0. The highest BCUT2D eigenvalue weighted by Crippen LogP contribution is 2.47. The summed E-state index contributed by atoms with van der Waals surface area (Å²) in [6.45, 7) is 7.13. The first-order valence-corrected chi connectivity index (χ1v) is 16.9. The van der Waals surface area contributed by atoms with E-state index in [0.717, 1.165) is 27.5 Å². The smallest absolute Gasteiger partial charge is 0.260 e. The van der Waals surface area contributed by atoms with Crippen LogP contribution in [0.5, 0.6) is 0 Å². The predicted molar refractivity (Wildman–Crippen MR) is 198 cm³/mol. The number of para-hydroxylation sites is 4. The number of hydrogen-bond donors (Lipinski definition) is 0. The second-order valence-electron chi connectivity index (χ2n) is 13.7. The molecule has 0 bridgehead atoms. The molecule has 2 aliphatic rings. The molecule has 2 aliphatic heterocycles. The molecule has 10 rings (SSSR count). The molecule has 0 saturated heterocycles. The molecule has 218 valence electrons. The van der Waals surface area contributed by atoms with E-state index in [9.17, 15) is 0 Å². The highest BCUT2D eigenvalue weighted by molar-refractivity contribution is 7.34. The van der Waals surface area contributed by atoms with Gasteiger partial charge in [-0.25, -0.2) is 0 Å². The van der Waals surface area contributed by atoms with Gasteiger partial charge in [-0.05, 0) is 91.9 Å². The van der Waals surface area contributed by atoms with Crippen LogP contribution in [0.15, 0.2) is 132 Å². The summed E-state index contributed by atoms with van der Waals surface area (Å²) in [6, 6.07) is 46.8. The molecule has 0 atom stereocenters. The van der Waals surface area contributed by atoms with Crippen LogP contribution < -0.4 is 20.6 Å². The number of anilines is 3. The van der Waals surface area contributed by atoms with Gasteiger partial charge in [-0.15, -0.1) is 11.3 Å². The third kappa shape index (κ3) is 3.54. The second kappa shape index (κ2) is 9.25. The van der Waals surface area contributed by atoms with Gasteiger partial charge < -0.3 is 9.32 Å². The van der Waals surface area contributed by atoms with Crippen molar-refractivity contribution in [3.8, 4) is 22.3 Å². The van der Waals surface area contributed by atoms with E-state index in [1.165, 1.54) is 65.1 Å². The lowest BCUT2D eigenvalue weighted by Crippen LogP contribution is -2.54. The zero-order valence-electron chi connectivity index (χ0n) is 26.0. The number of furan rings is 1. The Morgan fingerprint density at radius 3 is 2.30 bits per heavy atom. The number of hydrogen-bond acceptors (Lipinski definition) is 3.